The summed E-state index contributed by atoms with van der Waals surface area (Å²) in [6.45, 7) is 2.77. The van der Waals surface area contributed by atoms with Crippen LogP contribution in [0.15, 0.2) is 17.8 Å². The largest absolute Gasteiger partial charge is 0.378 e. The molecule has 23 heavy (non-hydrogen) atoms. The van der Waals surface area contributed by atoms with Gasteiger partial charge in [-0.2, -0.15) is 4.68 Å². The second-order valence-electron chi connectivity index (χ2n) is 6.18. The van der Waals surface area contributed by atoms with Crippen molar-refractivity contribution in [2.24, 2.45) is 5.41 Å². The number of hydrogen-bond acceptors (Lipinski definition) is 6. The van der Waals surface area contributed by atoms with Crippen LogP contribution < -0.4 is 5.32 Å². The number of hydrogen-bond donors (Lipinski definition) is 1. The van der Waals surface area contributed by atoms with Gasteiger partial charge in [-0.05, 0) is 48.1 Å². The third kappa shape index (κ3) is 2.28. The monoisotopic (exact) mass is 333 g/mol. The number of tetrazole rings is 1. The highest BCUT2D eigenvalue weighted by molar-refractivity contribution is 7.12. The number of amides is 1. The molecule has 2 atom stereocenters. The van der Waals surface area contributed by atoms with Gasteiger partial charge >= 0.3 is 0 Å². The van der Waals surface area contributed by atoms with Crippen molar-refractivity contribution in [3.8, 4) is 5.69 Å². The van der Waals surface area contributed by atoms with Crippen LogP contribution in [0.25, 0.3) is 5.69 Å². The predicted molar refractivity (Wildman–Crippen MR) is 84.6 cm³/mol. The number of rotatable bonds is 5. The van der Waals surface area contributed by atoms with Gasteiger partial charge in [0.2, 0.25) is 0 Å². The van der Waals surface area contributed by atoms with Gasteiger partial charge in [-0.3, -0.25) is 4.79 Å². The summed E-state index contributed by atoms with van der Waals surface area (Å²) in [6.07, 6.45) is 6.23. The van der Waals surface area contributed by atoms with Gasteiger partial charge in [0.05, 0.1) is 11.8 Å². The Kier molecular flexibility index (Phi) is 3.65. The molecule has 0 aliphatic heterocycles. The topological polar surface area (TPSA) is 81.9 Å². The third-order valence-corrected chi connectivity index (χ3v) is 6.09. The molecule has 4 rings (SSSR count). The molecule has 1 N–H and O–H groups in total. The molecule has 8 heteroatoms. The van der Waals surface area contributed by atoms with Crippen LogP contribution >= 0.6 is 11.3 Å². The lowest BCUT2D eigenvalue weighted by Crippen LogP contribution is -2.67. The Bertz CT molecular complexity index is 695. The number of aromatic nitrogens is 4. The average molecular weight is 333 g/mol. The smallest absolute Gasteiger partial charge is 0.263 e. The molecule has 2 aliphatic rings. The van der Waals surface area contributed by atoms with E-state index < -0.39 is 0 Å². The quantitative estimate of drug-likeness (QED) is 0.902. The van der Waals surface area contributed by atoms with Gasteiger partial charge in [0.15, 0.2) is 0 Å². The van der Waals surface area contributed by atoms with Gasteiger partial charge in [-0.15, -0.1) is 16.4 Å². The van der Waals surface area contributed by atoms with Crippen LogP contribution in [0.1, 0.15) is 42.3 Å². The molecule has 7 nitrogen and oxygen atoms in total. The van der Waals surface area contributed by atoms with E-state index in [1.165, 1.54) is 28.8 Å². The molecular weight excluding hydrogens is 314 g/mol. The van der Waals surface area contributed by atoms with Crippen molar-refractivity contribution in [2.45, 2.75) is 44.8 Å². The predicted octanol–water partition coefficient (Wildman–Crippen LogP) is 1.80. The minimum atomic E-state index is -0.0447. The van der Waals surface area contributed by atoms with E-state index in [2.05, 4.69) is 20.8 Å². The third-order valence-electron chi connectivity index (χ3n) is 5.19. The molecular formula is C15H19N5O2S. The van der Waals surface area contributed by atoms with Crippen LogP contribution in [0.2, 0.25) is 0 Å². The molecule has 2 fully saturated rings. The summed E-state index contributed by atoms with van der Waals surface area (Å²) < 4.78 is 7.36. The molecule has 122 valence electrons. The Labute approximate surface area is 138 Å². The first-order valence-electron chi connectivity index (χ1n) is 7.98. The number of thiophene rings is 1. The Morgan fingerprint density at radius 3 is 3.09 bits per heavy atom. The van der Waals surface area contributed by atoms with Crippen molar-refractivity contribution in [1.82, 2.24) is 25.5 Å². The van der Waals surface area contributed by atoms with Crippen molar-refractivity contribution in [2.75, 3.05) is 6.61 Å². The van der Waals surface area contributed by atoms with E-state index >= 15 is 0 Å². The maximum Gasteiger partial charge on any atom is 0.263 e. The first-order valence-corrected chi connectivity index (χ1v) is 8.86. The van der Waals surface area contributed by atoms with Crippen LogP contribution in [0.4, 0.5) is 0 Å². The number of carbonyl (C=O) groups excluding carboxylic acids is 1. The van der Waals surface area contributed by atoms with Gasteiger partial charge in [-0.1, -0.05) is 6.42 Å². The van der Waals surface area contributed by atoms with Crippen LogP contribution in [-0.4, -0.2) is 44.9 Å². The van der Waals surface area contributed by atoms with E-state index in [0.717, 1.165) is 31.6 Å². The van der Waals surface area contributed by atoms with Gasteiger partial charge < -0.3 is 10.1 Å². The Morgan fingerprint density at radius 2 is 2.43 bits per heavy atom. The minimum absolute atomic E-state index is 0.0447. The summed E-state index contributed by atoms with van der Waals surface area (Å²) in [7, 11) is 0. The molecule has 0 unspecified atom stereocenters. The zero-order chi connectivity index (χ0) is 15.9. The van der Waals surface area contributed by atoms with E-state index in [1.54, 1.807) is 0 Å². The molecule has 0 bridgehead atoms. The number of nitrogens with zero attached hydrogens (tertiary/aromatic N) is 4. The van der Waals surface area contributed by atoms with Gasteiger partial charge in [0.25, 0.3) is 5.91 Å². The van der Waals surface area contributed by atoms with Crippen LogP contribution in [0.3, 0.4) is 0 Å². The lowest BCUT2D eigenvalue weighted by atomic mass is 9.51. The van der Waals surface area contributed by atoms with E-state index in [0.29, 0.717) is 11.0 Å². The fourth-order valence-corrected chi connectivity index (χ4v) is 4.57. The van der Waals surface area contributed by atoms with Gasteiger partial charge in [0.1, 0.15) is 11.2 Å². The van der Waals surface area contributed by atoms with E-state index in [-0.39, 0.29) is 17.4 Å². The first kappa shape index (κ1) is 14.8. The summed E-state index contributed by atoms with van der Waals surface area (Å²) in [6, 6.07) is 2.07. The lowest BCUT2D eigenvalue weighted by Gasteiger charge is -2.60. The zero-order valence-electron chi connectivity index (χ0n) is 12.9. The van der Waals surface area contributed by atoms with E-state index in [1.807, 2.05) is 18.4 Å². The van der Waals surface area contributed by atoms with Crippen LogP contribution in [0.5, 0.6) is 0 Å². The highest BCUT2D eigenvalue weighted by Gasteiger charge is 2.59. The molecule has 2 aliphatic carbocycles. The molecule has 1 spiro atoms. The minimum Gasteiger partial charge on any atom is -0.378 e. The average Bonchev–Trinajstić information content (AvgIpc) is 3.14. The number of ether oxygens (including phenoxy) is 1. The molecule has 0 radical (unpaired) electrons. The van der Waals surface area contributed by atoms with E-state index in [4.69, 9.17) is 4.74 Å². The molecule has 1 amide bonds. The summed E-state index contributed by atoms with van der Waals surface area (Å²) in [5.41, 5.74) is 0.888. The fraction of sp³-hybridized carbons (Fsp3) is 0.600. The van der Waals surface area contributed by atoms with Crippen molar-refractivity contribution in [3.63, 3.8) is 0 Å². The van der Waals surface area contributed by atoms with Crippen LogP contribution in [0, 0.1) is 5.41 Å². The second-order valence-corrected chi connectivity index (χ2v) is 7.10. The Morgan fingerprint density at radius 1 is 1.57 bits per heavy atom. The number of carbonyl (C=O) groups is 1. The van der Waals surface area contributed by atoms with Crippen molar-refractivity contribution in [3.05, 3.63) is 22.7 Å². The molecule has 2 aromatic rings. The molecule has 2 aromatic heterocycles. The van der Waals surface area contributed by atoms with Crippen molar-refractivity contribution >= 4 is 17.2 Å². The van der Waals surface area contributed by atoms with Crippen LogP contribution in [-0.2, 0) is 4.74 Å². The van der Waals surface area contributed by atoms with Crippen molar-refractivity contribution in [1.29, 1.82) is 0 Å². The zero-order valence-corrected chi connectivity index (χ0v) is 13.8. The maximum atomic E-state index is 12.7. The summed E-state index contributed by atoms with van der Waals surface area (Å²) >= 11 is 1.41. The Hall–Kier alpha value is -1.80. The highest BCUT2D eigenvalue weighted by atomic mass is 32.1. The lowest BCUT2D eigenvalue weighted by molar-refractivity contribution is -0.169. The van der Waals surface area contributed by atoms with Crippen molar-refractivity contribution < 1.29 is 9.53 Å². The molecule has 2 heterocycles. The molecule has 2 saturated carbocycles. The van der Waals surface area contributed by atoms with Gasteiger partial charge in [-0.25, -0.2) is 0 Å². The summed E-state index contributed by atoms with van der Waals surface area (Å²) in [5.74, 6) is -0.0447. The highest BCUT2D eigenvalue weighted by Crippen LogP contribution is 2.57. The molecule has 0 saturated heterocycles. The Balaban J connectivity index is 1.48. The summed E-state index contributed by atoms with van der Waals surface area (Å²) in [5, 5.41) is 16.2. The SMILES string of the molecule is CCO[C@H]1C[C@H](NC(=O)c2sccc2-n2cnnn2)C12CCC2. The maximum absolute atomic E-state index is 12.7. The normalized spacial score (nSPS) is 24.9. The fourth-order valence-electron chi connectivity index (χ4n) is 3.79. The van der Waals surface area contributed by atoms with Gasteiger partial charge in [0, 0.05) is 18.1 Å². The summed E-state index contributed by atoms with van der Waals surface area (Å²) in [4.78, 5) is 13.3. The second kappa shape index (κ2) is 5.68. The first-order chi connectivity index (χ1) is 11.2. The van der Waals surface area contributed by atoms with E-state index in [9.17, 15) is 4.79 Å². The molecule has 0 aromatic carbocycles. The standard InChI is InChI=1S/C15H19N5O2S/c1-2-22-12-8-11(15(12)5-3-6-15)17-14(21)13-10(4-7-23-13)20-9-16-18-19-20/h4,7,9,11-12H,2-3,5-6,8H2,1H3,(H,17,21)/t11-,12-/m0/s1. The number of nitrogens with one attached hydrogen (secondary N) is 1.